The van der Waals surface area contributed by atoms with Crippen molar-refractivity contribution in [2.45, 2.75) is 38.9 Å². The quantitative estimate of drug-likeness (QED) is 0.845. The molecule has 0 bridgehead atoms. The predicted octanol–water partition coefficient (Wildman–Crippen LogP) is 2.21. The number of carbonyl (C=O) groups excluding carboxylic acids is 1. The molecule has 0 heterocycles. The van der Waals surface area contributed by atoms with Crippen LogP contribution in [-0.4, -0.2) is 22.8 Å². The molecule has 0 saturated heterocycles. The van der Waals surface area contributed by atoms with Gasteiger partial charge in [-0.05, 0) is 38.5 Å². The van der Waals surface area contributed by atoms with Crippen LogP contribution in [0, 0.1) is 11.6 Å². The molecule has 0 aromatic heterocycles. The summed E-state index contributed by atoms with van der Waals surface area (Å²) in [4.78, 5) is 11.5. The van der Waals surface area contributed by atoms with Crippen LogP contribution in [0.15, 0.2) is 18.2 Å². The Labute approximate surface area is 104 Å². The minimum Gasteiger partial charge on any atom is -0.458 e. The molecule has 1 rings (SSSR count). The first-order valence-corrected chi connectivity index (χ1v) is 5.54. The summed E-state index contributed by atoms with van der Waals surface area (Å²) >= 11 is 0. The number of esters is 1. The summed E-state index contributed by atoms with van der Waals surface area (Å²) in [6.45, 7) is 5.03. The summed E-state index contributed by atoms with van der Waals surface area (Å²) < 4.78 is 30.6. The van der Waals surface area contributed by atoms with Gasteiger partial charge in [0.15, 0.2) is 17.7 Å². The monoisotopic (exact) mass is 258 g/mol. The van der Waals surface area contributed by atoms with Gasteiger partial charge in [0.1, 0.15) is 5.60 Å². The molecular formula is C13H16F2O3. The number of rotatable bonds is 3. The zero-order valence-electron chi connectivity index (χ0n) is 10.5. The lowest BCUT2D eigenvalue weighted by atomic mass is 10.1. The molecule has 1 aromatic carbocycles. The van der Waals surface area contributed by atoms with Gasteiger partial charge < -0.3 is 9.84 Å². The lowest BCUT2D eigenvalue weighted by Crippen LogP contribution is -2.33. The van der Waals surface area contributed by atoms with Crippen LogP contribution in [0.4, 0.5) is 8.78 Å². The van der Waals surface area contributed by atoms with Gasteiger partial charge in [-0.2, -0.15) is 0 Å². The van der Waals surface area contributed by atoms with Crippen molar-refractivity contribution in [2.75, 3.05) is 0 Å². The van der Waals surface area contributed by atoms with Crippen molar-refractivity contribution in [1.82, 2.24) is 0 Å². The van der Waals surface area contributed by atoms with E-state index in [1.165, 1.54) is 6.07 Å². The number of aliphatic hydroxyl groups is 1. The number of hydrogen-bond donors (Lipinski definition) is 1. The zero-order valence-corrected chi connectivity index (χ0v) is 10.5. The Morgan fingerprint density at radius 1 is 1.33 bits per heavy atom. The smallest absolute Gasteiger partial charge is 0.335 e. The first-order valence-electron chi connectivity index (χ1n) is 5.54. The van der Waals surface area contributed by atoms with E-state index in [4.69, 9.17) is 4.74 Å². The SMILES string of the molecule is CC(C)(C)OC(=O)C(O)Cc1ccc(F)c(F)c1. The molecule has 1 atom stereocenters. The fourth-order valence-corrected chi connectivity index (χ4v) is 1.34. The van der Waals surface area contributed by atoms with Gasteiger partial charge >= 0.3 is 5.97 Å². The van der Waals surface area contributed by atoms with Crippen LogP contribution in [0.5, 0.6) is 0 Å². The van der Waals surface area contributed by atoms with E-state index < -0.39 is 29.3 Å². The fourth-order valence-electron chi connectivity index (χ4n) is 1.34. The summed E-state index contributed by atoms with van der Waals surface area (Å²) in [5, 5.41) is 9.60. The van der Waals surface area contributed by atoms with Crippen LogP contribution in [0.1, 0.15) is 26.3 Å². The minimum absolute atomic E-state index is 0.119. The molecule has 18 heavy (non-hydrogen) atoms. The van der Waals surface area contributed by atoms with Crippen molar-refractivity contribution in [2.24, 2.45) is 0 Å². The molecule has 0 saturated carbocycles. The van der Waals surface area contributed by atoms with Gasteiger partial charge in [-0.3, -0.25) is 0 Å². The average molecular weight is 258 g/mol. The highest BCUT2D eigenvalue weighted by molar-refractivity contribution is 5.75. The highest BCUT2D eigenvalue weighted by Gasteiger charge is 2.23. The Balaban J connectivity index is 2.66. The third-order valence-electron chi connectivity index (χ3n) is 2.09. The van der Waals surface area contributed by atoms with Crippen LogP contribution < -0.4 is 0 Å². The number of halogens is 2. The number of benzene rings is 1. The summed E-state index contributed by atoms with van der Waals surface area (Å²) in [6.07, 6.45) is -1.51. The normalized spacial score (nSPS) is 13.2. The van der Waals surface area contributed by atoms with Gasteiger partial charge in [0, 0.05) is 6.42 Å². The highest BCUT2D eigenvalue weighted by Crippen LogP contribution is 2.13. The van der Waals surface area contributed by atoms with Gasteiger partial charge in [0.2, 0.25) is 0 Å². The number of carbonyl (C=O) groups is 1. The molecule has 5 heteroatoms. The number of hydrogen-bond acceptors (Lipinski definition) is 3. The Bertz CT molecular complexity index is 438. The minimum atomic E-state index is -1.39. The second kappa shape index (κ2) is 5.44. The van der Waals surface area contributed by atoms with Crippen LogP contribution in [0.25, 0.3) is 0 Å². The van der Waals surface area contributed by atoms with Gasteiger partial charge in [-0.25, -0.2) is 13.6 Å². The molecule has 0 aliphatic rings. The topological polar surface area (TPSA) is 46.5 Å². The van der Waals surface area contributed by atoms with E-state index in [1.807, 2.05) is 0 Å². The largest absolute Gasteiger partial charge is 0.458 e. The first-order chi connectivity index (χ1) is 8.19. The molecule has 1 N–H and O–H groups in total. The third-order valence-corrected chi connectivity index (χ3v) is 2.09. The second-order valence-corrected chi connectivity index (χ2v) is 5.00. The fraction of sp³-hybridized carbons (Fsp3) is 0.462. The van der Waals surface area contributed by atoms with Crippen molar-refractivity contribution < 1.29 is 23.4 Å². The maximum absolute atomic E-state index is 12.9. The summed E-state index contributed by atoms with van der Waals surface area (Å²) in [5.41, 5.74) is -0.376. The summed E-state index contributed by atoms with van der Waals surface area (Å²) in [5.74, 6) is -2.76. The first kappa shape index (κ1) is 14.6. The Kier molecular flexibility index (Phi) is 4.40. The Morgan fingerprint density at radius 2 is 1.94 bits per heavy atom. The van der Waals surface area contributed by atoms with Crippen molar-refractivity contribution in [3.05, 3.63) is 35.4 Å². The molecule has 0 fully saturated rings. The van der Waals surface area contributed by atoms with Crippen molar-refractivity contribution in [3.63, 3.8) is 0 Å². The molecule has 0 amide bonds. The highest BCUT2D eigenvalue weighted by atomic mass is 19.2. The number of aliphatic hydroxyl groups excluding tert-OH is 1. The van der Waals surface area contributed by atoms with Crippen LogP contribution in [-0.2, 0) is 16.0 Å². The average Bonchev–Trinajstić information content (AvgIpc) is 2.21. The van der Waals surface area contributed by atoms with Gasteiger partial charge in [0.05, 0.1) is 0 Å². The molecule has 0 radical (unpaired) electrons. The molecule has 0 aliphatic carbocycles. The van der Waals surface area contributed by atoms with E-state index in [0.29, 0.717) is 5.56 Å². The Hall–Kier alpha value is -1.49. The van der Waals surface area contributed by atoms with Crippen LogP contribution >= 0.6 is 0 Å². The lowest BCUT2D eigenvalue weighted by Gasteiger charge is -2.21. The van der Waals surface area contributed by atoms with E-state index in [9.17, 15) is 18.7 Å². The molecule has 1 aromatic rings. The number of ether oxygens (including phenoxy) is 1. The second-order valence-electron chi connectivity index (χ2n) is 5.00. The molecule has 0 spiro atoms. The van der Waals surface area contributed by atoms with E-state index >= 15 is 0 Å². The van der Waals surface area contributed by atoms with E-state index in [1.54, 1.807) is 20.8 Å². The molecule has 100 valence electrons. The summed E-state index contributed by atoms with van der Waals surface area (Å²) in [6, 6.07) is 3.21. The maximum atomic E-state index is 12.9. The van der Waals surface area contributed by atoms with Crippen molar-refractivity contribution in [3.8, 4) is 0 Å². The summed E-state index contributed by atoms with van der Waals surface area (Å²) in [7, 11) is 0. The van der Waals surface area contributed by atoms with E-state index in [2.05, 4.69) is 0 Å². The zero-order chi connectivity index (χ0) is 13.9. The standard InChI is InChI=1S/C13H16F2O3/c1-13(2,3)18-12(17)11(16)7-8-4-5-9(14)10(15)6-8/h4-6,11,16H,7H2,1-3H3. The molecule has 1 unspecified atom stereocenters. The van der Waals surface area contributed by atoms with Crippen LogP contribution in [0.2, 0.25) is 0 Å². The molecular weight excluding hydrogens is 242 g/mol. The van der Waals surface area contributed by atoms with E-state index in [0.717, 1.165) is 12.1 Å². The predicted molar refractivity (Wildman–Crippen MR) is 61.9 cm³/mol. The van der Waals surface area contributed by atoms with Gasteiger partial charge in [-0.1, -0.05) is 6.07 Å². The van der Waals surface area contributed by atoms with Crippen LogP contribution in [0.3, 0.4) is 0 Å². The third kappa shape index (κ3) is 4.41. The van der Waals surface area contributed by atoms with Gasteiger partial charge in [-0.15, -0.1) is 0 Å². The molecule has 3 nitrogen and oxygen atoms in total. The lowest BCUT2D eigenvalue weighted by molar-refractivity contribution is -0.164. The van der Waals surface area contributed by atoms with Crippen molar-refractivity contribution in [1.29, 1.82) is 0 Å². The molecule has 0 aliphatic heterocycles. The Morgan fingerprint density at radius 3 is 2.44 bits per heavy atom. The van der Waals surface area contributed by atoms with Crippen molar-refractivity contribution >= 4 is 5.97 Å². The maximum Gasteiger partial charge on any atom is 0.335 e. The van der Waals surface area contributed by atoms with E-state index in [-0.39, 0.29) is 6.42 Å². The van der Waals surface area contributed by atoms with Gasteiger partial charge in [0.25, 0.3) is 0 Å².